The summed E-state index contributed by atoms with van der Waals surface area (Å²) in [4.78, 5) is 21.9. The van der Waals surface area contributed by atoms with Gasteiger partial charge in [-0.3, -0.25) is 16.0 Å². The van der Waals surface area contributed by atoms with Crippen LogP contribution in [-0.4, -0.2) is 43.4 Å². The molecule has 0 aromatic heterocycles. The van der Waals surface area contributed by atoms with E-state index in [-0.39, 0.29) is 0 Å². The first kappa shape index (κ1) is 10.9. The maximum atomic E-state index is 11.1. The van der Waals surface area contributed by atoms with Crippen molar-refractivity contribution in [2.45, 2.75) is 12.6 Å². The van der Waals surface area contributed by atoms with Crippen molar-refractivity contribution < 1.29 is 14.3 Å². The van der Waals surface area contributed by atoms with Crippen LogP contribution in [-0.2, 0) is 9.53 Å². The van der Waals surface area contributed by atoms with Crippen LogP contribution in [0.5, 0.6) is 0 Å². The predicted molar refractivity (Wildman–Crippen MR) is 47.8 cm³/mol. The first-order valence-electron chi connectivity index (χ1n) is 4.27. The Hall–Kier alpha value is -1.18. The number of ether oxygens (including phenoxy) is 1. The summed E-state index contributed by atoms with van der Waals surface area (Å²) in [7, 11) is 1.59. The van der Waals surface area contributed by atoms with Gasteiger partial charge in [0.15, 0.2) is 6.17 Å². The molecule has 0 aliphatic carbocycles. The zero-order valence-corrected chi connectivity index (χ0v) is 7.95. The number of urea groups is 1. The second-order valence-corrected chi connectivity index (χ2v) is 2.95. The first-order valence-corrected chi connectivity index (χ1v) is 4.27. The Labute approximate surface area is 81.5 Å². The van der Waals surface area contributed by atoms with Crippen molar-refractivity contribution in [2.24, 2.45) is 5.84 Å². The number of nitrogens with two attached hydrogens (primary N) is 1. The van der Waals surface area contributed by atoms with E-state index in [1.54, 1.807) is 7.11 Å². The molecule has 1 fully saturated rings. The molecule has 7 heteroatoms. The first-order chi connectivity index (χ1) is 6.65. The molecule has 0 aromatic rings. The van der Waals surface area contributed by atoms with Crippen molar-refractivity contribution in [1.29, 1.82) is 0 Å². The molecule has 1 aliphatic rings. The zero-order valence-electron chi connectivity index (χ0n) is 7.95. The third kappa shape index (κ3) is 2.66. The molecule has 1 unspecified atom stereocenters. The molecular weight excluding hydrogens is 188 g/mol. The zero-order chi connectivity index (χ0) is 10.6. The number of rotatable bonds is 5. The summed E-state index contributed by atoms with van der Waals surface area (Å²) in [6, 6.07) is -0.512. The van der Waals surface area contributed by atoms with E-state index in [1.165, 1.54) is 5.01 Å². The van der Waals surface area contributed by atoms with E-state index in [9.17, 15) is 9.59 Å². The minimum atomic E-state index is -0.764. The van der Waals surface area contributed by atoms with Gasteiger partial charge in [-0.1, -0.05) is 0 Å². The fourth-order valence-corrected chi connectivity index (χ4v) is 1.16. The molecule has 1 heterocycles. The lowest BCUT2D eigenvalue weighted by Gasteiger charge is -2.20. The molecule has 14 heavy (non-hydrogen) atoms. The summed E-state index contributed by atoms with van der Waals surface area (Å²) in [6.07, 6.45) is -0.0634. The molecule has 3 amide bonds. The van der Waals surface area contributed by atoms with Gasteiger partial charge in [-0.05, 0) is 6.42 Å². The summed E-state index contributed by atoms with van der Waals surface area (Å²) in [5.74, 6) is 5.15. The van der Waals surface area contributed by atoms with Crippen LogP contribution >= 0.6 is 0 Å². The summed E-state index contributed by atoms with van der Waals surface area (Å²) in [5.41, 5.74) is 0. The average Bonchev–Trinajstić information content (AvgIpc) is 2.45. The SMILES string of the molecule is COCCCN(N)C1NC(=O)NC1=O. The number of hydrazine groups is 1. The molecule has 1 rings (SSSR count). The van der Waals surface area contributed by atoms with Crippen molar-refractivity contribution in [1.82, 2.24) is 15.6 Å². The molecule has 0 spiro atoms. The summed E-state index contributed by atoms with van der Waals surface area (Å²) in [6.45, 7) is 1.04. The molecule has 0 radical (unpaired) electrons. The van der Waals surface area contributed by atoms with Gasteiger partial charge >= 0.3 is 6.03 Å². The fourth-order valence-electron chi connectivity index (χ4n) is 1.16. The highest BCUT2D eigenvalue weighted by atomic mass is 16.5. The third-order valence-electron chi connectivity index (χ3n) is 1.85. The summed E-state index contributed by atoms with van der Waals surface area (Å²) < 4.78 is 4.83. The Morgan fingerprint density at radius 2 is 2.29 bits per heavy atom. The van der Waals surface area contributed by atoms with Crippen molar-refractivity contribution in [2.75, 3.05) is 20.3 Å². The van der Waals surface area contributed by atoms with Crippen molar-refractivity contribution >= 4 is 11.9 Å². The van der Waals surface area contributed by atoms with Gasteiger partial charge in [0.2, 0.25) is 0 Å². The number of carbonyl (C=O) groups excluding carboxylic acids is 2. The van der Waals surface area contributed by atoms with Crippen LogP contribution in [0.15, 0.2) is 0 Å². The van der Waals surface area contributed by atoms with Crippen LogP contribution in [0, 0.1) is 0 Å². The third-order valence-corrected chi connectivity index (χ3v) is 1.85. The molecule has 80 valence electrons. The van der Waals surface area contributed by atoms with E-state index in [0.29, 0.717) is 19.6 Å². The van der Waals surface area contributed by atoms with E-state index < -0.39 is 18.1 Å². The number of nitrogens with zero attached hydrogens (tertiary/aromatic N) is 1. The number of methoxy groups -OCH3 is 1. The van der Waals surface area contributed by atoms with E-state index in [2.05, 4.69) is 10.6 Å². The number of hydrogen-bond acceptors (Lipinski definition) is 5. The topological polar surface area (TPSA) is 96.7 Å². The highest BCUT2D eigenvalue weighted by Crippen LogP contribution is 1.97. The summed E-state index contributed by atoms with van der Waals surface area (Å²) >= 11 is 0. The second-order valence-electron chi connectivity index (χ2n) is 2.95. The Morgan fingerprint density at radius 3 is 2.79 bits per heavy atom. The Balaban J connectivity index is 2.33. The second kappa shape index (κ2) is 4.89. The summed E-state index contributed by atoms with van der Waals surface area (Å²) in [5, 5.41) is 5.76. The quantitative estimate of drug-likeness (QED) is 0.215. The van der Waals surface area contributed by atoms with Gasteiger partial charge in [0.05, 0.1) is 0 Å². The van der Waals surface area contributed by atoms with Crippen molar-refractivity contribution in [3.8, 4) is 0 Å². The van der Waals surface area contributed by atoms with Gasteiger partial charge in [0.25, 0.3) is 5.91 Å². The minimum Gasteiger partial charge on any atom is -0.385 e. The maximum absolute atomic E-state index is 11.1. The molecule has 0 bridgehead atoms. The highest BCUT2D eigenvalue weighted by Gasteiger charge is 2.32. The standard InChI is InChI=1S/C7H14N4O3/c1-14-4-2-3-11(8)5-6(12)10-7(13)9-5/h5H,2-4,8H2,1H3,(H2,9,10,12,13). The fraction of sp³-hybridized carbons (Fsp3) is 0.714. The molecule has 1 aliphatic heterocycles. The van der Waals surface area contributed by atoms with E-state index in [0.717, 1.165) is 0 Å². The lowest BCUT2D eigenvalue weighted by Crippen LogP contribution is -2.51. The van der Waals surface area contributed by atoms with Crippen LogP contribution in [0.1, 0.15) is 6.42 Å². The Bertz CT molecular complexity index is 233. The van der Waals surface area contributed by atoms with Crippen LogP contribution in [0.3, 0.4) is 0 Å². The largest absolute Gasteiger partial charge is 0.385 e. The maximum Gasteiger partial charge on any atom is 0.323 e. The Kier molecular flexibility index (Phi) is 3.81. The smallest absolute Gasteiger partial charge is 0.323 e. The highest BCUT2D eigenvalue weighted by molar-refractivity contribution is 6.03. The average molecular weight is 202 g/mol. The van der Waals surface area contributed by atoms with E-state index in [4.69, 9.17) is 10.6 Å². The predicted octanol–water partition coefficient (Wildman–Crippen LogP) is -1.64. The molecule has 1 saturated heterocycles. The normalized spacial score (nSPS) is 21.2. The molecule has 0 saturated carbocycles. The van der Waals surface area contributed by atoms with Gasteiger partial charge in [0, 0.05) is 20.3 Å². The lowest BCUT2D eigenvalue weighted by molar-refractivity contribution is -0.124. The van der Waals surface area contributed by atoms with Crippen LogP contribution in [0.25, 0.3) is 0 Å². The number of imide groups is 1. The molecule has 1 atom stereocenters. The number of carbonyl (C=O) groups is 2. The van der Waals surface area contributed by atoms with Crippen LogP contribution < -0.4 is 16.5 Å². The van der Waals surface area contributed by atoms with Crippen LogP contribution in [0.4, 0.5) is 4.79 Å². The van der Waals surface area contributed by atoms with Gasteiger partial charge < -0.3 is 10.1 Å². The lowest BCUT2D eigenvalue weighted by atomic mass is 10.4. The number of hydrogen-bond donors (Lipinski definition) is 3. The van der Waals surface area contributed by atoms with Gasteiger partial charge in [0.1, 0.15) is 0 Å². The van der Waals surface area contributed by atoms with Crippen LogP contribution in [0.2, 0.25) is 0 Å². The number of amides is 3. The molecule has 0 aromatic carbocycles. The molecule has 7 nitrogen and oxygen atoms in total. The van der Waals surface area contributed by atoms with Crippen molar-refractivity contribution in [3.05, 3.63) is 0 Å². The van der Waals surface area contributed by atoms with Gasteiger partial charge in [-0.25, -0.2) is 9.80 Å². The Morgan fingerprint density at radius 1 is 1.57 bits per heavy atom. The monoisotopic (exact) mass is 202 g/mol. The van der Waals surface area contributed by atoms with E-state index in [1.807, 2.05) is 0 Å². The number of nitrogens with one attached hydrogen (secondary N) is 2. The van der Waals surface area contributed by atoms with E-state index >= 15 is 0 Å². The van der Waals surface area contributed by atoms with Gasteiger partial charge in [-0.2, -0.15) is 0 Å². The molecule has 4 N–H and O–H groups in total. The molecular formula is C7H14N4O3. The van der Waals surface area contributed by atoms with Gasteiger partial charge in [-0.15, -0.1) is 0 Å². The van der Waals surface area contributed by atoms with Crippen molar-refractivity contribution in [3.63, 3.8) is 0 Å². The minimum absolute atomic E-state index is 0.421.